The predicted octanol–water partition coefficient (Wildman–Crippen LogP) is -0.775. The van der Waals surface area contributed by atoms with Gasteiger partial charge in [0.2, 0.25) is 0 Å². The second-order valence-corrected chi connectivity index (χ2v) is 4.69. The number of hydrogen-bond acceptors (Lipinski definition) is 7. The minimum atomic E-state index is -0.486. The van der Waals surface area contributed by atoms with Gasteiger partial charge in [0.1, 0.15) is 11.5 Å². The van der Waals surface area contributed by atoms with Crippen molar-refractivity contribution in [1.29, 1.82) is 0 Å². The molecule has 10 nitrogen and oxygen atoms in total. The van der Waals surface area contributed by atoms with Crippen molar-refractivity contribution >= 4 is 11.5 Å². The molecule has 114 valence electrons. The number of hydrogen-bond donors (Lipinski definition) is 3. The lowest BCUT2D eigenvalue weighted by Gasteiger charge is -2.17. The molecule has 0 aliphatic carbocycles. The third kappa shape index (κ3) is 2.64. The van der Waals surface area contributed by atoms with Crippen molar-refractivity contribution in [2.45, 2.75) is 32.9 Å². The maximum absolute atomic E-state index is 12.2. The van der Waals surface area contributed by atoms with E-state index in [-0.39, 0.29) is 17.5 Å². The van der Waals surface area contributed by atoms with Gasteiger partial charge >= 0.3 is 5.69 Å². The predicted molar refractivity (Wildman–Crippen MR) is 76.9 cm³/mol. The van der Waals surface area contributed by atoms with Gasteiger partial charge in [-0.15, -0.1) is 10.2 Å². The number of rotatable bonds is 5. The Morgan fingerprint density at radius 2 is 2.14 bits per heavy atom. The zero-order chi connectivity index (χ0) is 15.6. The highest BCUT2D eigenvalue weighted by molar-refractivity contribution is 5.61. The van der Waals surface area contributed by atoms with E-state index in [1.807, 2.05) is 6.92 Å². The molecule has 0 aliphatic rings. The van der Waals surface area contributed by atoms with Gasteiger partial charge in [0.15, 0.2) is 5.82 Å². The van der Waals surface area contributed by atoms with Gasteiger partial charge < -0.3 is 11.1 Å². The average molecular weight is 294 g/mol. The van der Waals surface area contributed by atoms with E-state index in [0.29, 0.717) is 12.4 Å². The maximum Gasteiger partial charge on any atom is 0.332 e. The Kier molecular flexibility index (Phi) is 4.05. The van der Waals surface area contributed by atoms with E-state index in [9.17, 15) is 9.59 Å². The molecule has 0 aromatic carbocycles. The number of nitrogens with zero attached hydrogens (tertiary/aromatic N) is 5. The summed E-state index contributed by atoms with van der Waals surface area (Å²) in [7, 11) is 1.42. The van der Waals surface area contributed by atoms with E-state index in [1.54, 1.807) is 6.92 Å². The van der Waals surface area contributed by atoms with Gasteiger partial charge in [0, 0.05) is 13.6 Å². The number of nitrogens with two attached hydrogens (primary N) is 1. The van der Waals surface area contributed by atoms with Gasteiger partial charge in [0.05, 0.1) is 6.04 Å². The van der Waals surface area contributed by atoms with Gasteiger partial charge in [-0.3, -0.25) is 13.9 Å². The fourth-order valence-corrected chi connectivity index (χ4v) is 1.99. The highest BCUT2D eigenvalue weighted by atomic mass is 16.2. The van der Waals surface area contributed by atoms with Crippen LogP contribution in [-0.2, 0) is 13.6 Å². The van der Waals surface area contributed by atoms with Crippen molar-refractivity contribution in [3.63, 3.8) is 0 Å². The van der Waals surface area contributed by atoms with Crippen LogP contribution in [0, 0.1) is 0 Å². The van der Waals surface area contributed by atoms with Gasteiger partial charge in [-0.25, -0.2) is 4.79 Å². The summed E-state index contributed by atoms with van der Waals surface area (Å²) in [6.45, 7) is 4.12. The molecule has 0 radical (unpaired) electrons. The zero-order valence-electron chi connectivity index (χ0n) is 12.1. The first kappa shape index (κ1) is 14.8. The molecule has 0 saturated carbocycles. The average Bonchev–Trinajstić information content (AvgIpc) is 3.00. The molecule has 0 bridgehead atoms. The smallest absolute Gasteiger partial charge is 0.332 e. The molecule has 4 N–H and O–H groups in total. The van der Waals surface area contributed by atoms with E-state index >= 15 is 0 Å². The molecule has 0 aliphatic heterocycles. The molecule has 1 unspecified atom stereocenters. The summed E-state index contributed by atoms with van der Waals surface area (Å²) < 4.78 is 2.39. The van der Waals surface area contributed by atoms with Crippen molar-refractivity contribution in [3.8, 4) is 0 Å². The highest BCUT2D eigenvalue weighted by Gasteiger charge is 2.18. The molecular weight excluding hydrogens is 276 g/mol. The van der Waals surface area contributed by atoms with Crippen molar-refractivity contribution in [2.75, 3.05) is 11.1 Å². The molecule has 0 amide bonds. The molecule has 21 heavy (non-hydrogen) atoms. The molecule has 0 saturated heterocycles. The van der Waals surface area contributed by atoms with Gasteiger partial charge in [0.25, 0.3) is 5.56 Å². The summed E-state index contributed by atoms with van der Waals surface area (Å²) in [6.07, 6.45) is 0.724. The molecule has 10 heteroatoms. The topological polar surface area (TPSA) is 137 Å². The largest absolute Gasteiger partial charge is 0.383 e. The second kappa shape index (κ2) is 5.77. The van der Waals surface area contributed by atoms with Crippen LogP contribution in [0.15, 0.2) is 9.59 Å². The minimum absolute atomic E-state index is 0.111. The third-order valence-electron chi connectivity index (χ3n) is 3.14. The summed E-state index contributed by atoms with van der Waals surface area (Å²) >= 11 is 0. The molecule has 1 atom stereocenters. The Hall–Kier alpha value is -2.65. The van der Waals surface area contributed by atoms with E-state index < -0.39 is 11.2 Å². The van der Waals surface area contributed by atoms with Crippen LogP contribution in [0.3, 0.4) is 0 Å². The van der Waals surface area contributed by atoms with Gasteiger partial charge in [-0.1, -0.05) is 12.1 Å². The monoisotopic (exact) mass is 294 g/mol. The van der Waals surface area contributed by atoms with Crippen LogP contribution >= 0.6 is 0 Å². The first-order valence-electron chi connectivity index (χ1n) is 6.56. The van der Waals surface area contributed by atoms with Crippen LogP contribution in [0.5, 0.6) is 0 Å². The highest BCUT2D eigenvalue weighted by Crippen LogP contribution is 2.17. The quantitative estimate of drug-likeness (QED) is 0.658. The van der Waals surface area contributed by atoms with Crippen LogP contribution in [0.4, 0.5) is 11.5 Å². The van der Waals surface area contributed by atoms with E-state index in [0.717, 1.165) is 11.0 Å². The standard InChI is InChI=1S/C11H18N8O2/c1-4-5-19-8(12)7(10(20)18(3)11(19)21)13-6(2)9-14-16-17-15-9/h6,13H,4-5,12H2,1-3H3,(H,14,15,16,17). The lowest BCUT2D eigenvalue weighted by Crippen LogP contribution is -2.41. The van der Waals surface area contributed by atoms with Gasteiger partial charge in [-0.05, 0) is 13.3 Å². The van der Waals surface area contributed by atoms with Crippen LogP contribution in [-0.4, -0.2) is 29.8 Å². The van der Waals surface area contributed by atoms with Crippen molar-refractivity contribution in [3.05, 3.63) is 26.7 Å². The first-order valence-corrected chi connectivity index (χ1v) is 6.56. The Balaban J connectivity index is 2.48. The van der Waals surface area contributed by atoms with Crippen molar-refractivity contribution in [2.24, 2.45) is 7.05 Å². The van der Waals surface area contributed by atoms with E-state index in [4.69, 9.17) is 5.73 Å². The number of nitrogens with one attached hydrogen (secondary N) is 2. The fourth-order valence-electron chi connectivity index (χ4n) is 1.99. The SMILES string of the molecule is CCCn1c(N)c(NC(C)c2nn[nH]n2)c(=O)n(C)c1=O. The van der Waals surface area contributed by atoms with Crippen LogP contribution in [0.2, 0.25) is 0 Å². The maximum atomic E-state index is 12.2. The van der Waals surface area contributed by atoms with Crippen LogP contribution in [0.1, 0.15) is 32.1 Å². The van der Waals surface area contributed by atoms with E-state index in [1.165, 1.54) is 11.6 Å². The number of tetrazole rings is 1. The summed E-state index contributed by atoms with van der Waals surface area (Å²) in [6, 6.07) is -0.383. The molecule has 0 fully saturated rings. The molecule has 2 aromatic heterocycles. The molecule has 2 rings (SSSR count). The Bertz CT molecular complexity index is 730. The van der Waals surface area contributed by atoms with Gasteiger partial charge in [-0.2, -0.15) is 5.21 Å². The Morgan fingerprint density at radius 3 is 2.71 bits per heavy atom. The molecule has 2 aromatic rings. The number of aromatic nitrogens is 6. The van der Waals surface area contributed by atoms with Crippen molar-refractivity contribution < 1.29 is 0 Å². The third-order valence-corrected chi connectivity index (χ3v) is 3.14. The number of aromatic amines is 1. The summed E-state index contributed by atoms with van der Waals surface area (Å²) in [4.78, 5) is 24.3. The number of nitrogen functional groups attached to an aromatic ring is 1. The second-order valence-electron chi connectivity index (χ2n) is 4.69. The summed E-state index contributed by atoms with van der Waals surface area (Å²) in [5.41, 5.74) is 5.20. The Morgan fingerprint density at radius 1 is 1.43 bits per heavy atom. The summed E-state index contributed by atoms with van der Waals surface area (Å²) in [5.74, 6) is 0.505. The lowest BCUT2D eigenvalue weighted by atomic mass is 10.3. The molecular formula is C11H18N8O2. The molecule has 0 spiro atoms. The number of H-pyrrole nitrogens is 1. The fraction of sp³-hybridized carbons (Fsp3) is 0.545. The number of anilines is 2. The zero-order valence-corrected chi connectivity index (χ0v) is 12.1. The van der Waals surface area contributed by atoms with E-state index in [2.05, 4.69) is 25.9 Å². The Labute approximate surface area is 120 Å². The van der Waals surface area contributed by atoms with Crippen LogP contribution < -0.4 is 22.3 Å². The lowest BCUT2D eigenvalue weighted by molar-refractivity contribution is 0.599. The minimum Gasteiger partial charge on any atom is -0.383 e. The molecule has 2 heterocycles. The first-order chi connectivity index (χ1) is 9.97. The summed E-state index contributed by atoms with van der Waals surface area (Å²) in [5, 5.41) is 16.4. The van der Waals surface area contributed by atoms with Crippen LogP contribution in [0.25, 0.3) is 0 Å². The van der Waals surface area contributed by atoms with Crippen molar-refractivity contribution in [1.82, 2.24) is 29.8 Å². The normalized spacial score (nSPS) is 12.3.